The molecule has 0 aliphatic heterocycles. The Hall–Kier alpha value is -3.22. The molecular formula is C20H24N2O5. The Labute approximate surface area is 158 Å². The number of nitrogens with one attached hydrogen (secondary N) is 1. The highest BCUT2D eigenvalue weighted by molar-refractivity contribution is 5.90. The average molecular weight is 372 g/mol. The van der Waals surface area contributed by atoms with Crippen LogP contribution in [0.15, 0.2) is 48.5 Å². The number of ether oxygens (including phenoxy) is 3. The van der Waals surface area contributed by atoms with Crippen LogP contribution in [0.5, 0.6) is 11.5 Å². The molecule has 0 saturated carbocycles. The summed E-state index contributed by atoms with van der Waals surface area (Å²) in [6.07, 6.45) is -0.320. The number of benzene rings is 2. The first kappa shape index (κ1) is 20.1. The fourth-order valence-corrected chi connectivity index (χ4v) is 2.41. The molecule has 2 aromatic carbocycles. The van der Waals surface area contributed by atoms with E-state index in [0.717, 1.165) is 6.42 Å². The number of anilines is 2. The van der Waals surface area contributed by atoms with Crippen molar-refractivity contribution in [2.24, 2.45) is 0 Å². The van der Waals surface area contributed by atoms with Gasteiger partial charge in [0.2, 0.25) is 0 Å². The zero-order valence-corrected chi connectivity index (χ0v) is 15.7. The van der Waals surface area contributed by atoms with Crippen LogP contribution in [0.3, 0.4) is 0 Å². The van der Waals surface area contributed by atoms with Crippen LogP contribution in [0, 0.1) is 0 Å². The molecule has 0 saturated heterocycles. The van der Waals surface area contributed by atoms with Gasteiger partial charge in [0.05, 0.1) is 19.4 Å². The van der Waals surface area contributed by atoms with Gasteiger partial charge in [0, 0.05) is 24.4 Å². The molecular weight excluding hydrogens is 348 g/mol. The number of hydrogen-bond acceptors (Lipinski definition) is 5. The molecule has 7 nitrogen and oxygen atoms in total. The normalized spacial score (nSPS) is 10.0. The summed E-state index contributed by atoms with van der Waals surface area (Å²) in [6.45, 7) is 4.46. The smallest absolute Gasteiger partial charge is 0.419 e. The van der Waals surface area contributed by atoms with Crippen LogP contribution in [0.2, 0.25) is 0 Å². The fourth-order valence-electron chi connectivity index (χ4n) is 2.41. The number of hydrogen-bond donors (Lipinski definition) is 1. The first-order valence-electron chi connectivity index (χ1n) is 8.74. The predicted octanol–water partition coefficient (Wildman–Crippen LogP) is 4.68. The molecule has 7 heteroatoms. The lowest BCUT2D eigenvalue weighted by molar-refractivity contribution is 0.168. The van der Waals surface area contributed by atoms with Crippen molar-refractivity contribution in [2.75, 3.05) is 30.5 Å². The first-order chi connectivity index (χ1) is 13.1. The third-order valence-electron chi connectivity index (χ3n) is 3.59. The van der Waals surface area contributed by atoms with E-state index in [9.17, 15) is 9.59 Å². The summed E-state index contributed by atoms with van der Waals surface area (Å²) in [6, 6.07) is 13.8. The minimum atomic E-state index is -0.565. The molecule has 0 unspecified atom stereocenters. The zero-order valence-electron chi connectivity index (χ0n) is 15.7. The molecule has 27 heavy (non-hydrogen) atoms. The SMILES string of the molecule is CCCN(C(=O)Oc1cccc(NC(=O)OCC)c1)c1cccc(OC)c1. The molecule has 1 N–H and O–H groups in total. The van der Waals surface area contributed by atoms with Gasteiger partial charge in [-0.3, -0.25) is 10.2 Å². The maximum Gasteiger partial charge on any atom is 0.419 e. The third kappa shape index (κ3) is 5.91. The van der Waals surface area contributed by atoms with Gasteiger partial charge >= 0.3 is 12.2 Å². The summed E-state index contributed by atoms with van der Waals surface area (Å²) in [5.74, 6) is 0.973. The second kappa shape index (κ2) is 10.1. The summed E-state index contributed by atoms with van der Waals surface area (Å²) in [5, 5.41) is 2.58. The molecule has 2 rings (SSSR count). The van der Waals surface area contributed by atoms with Crippen molar-refractivity contribution in [3.05, 3.63) is 48.5 Å². The summed E-state index contributed by atoms with van der Waals surface area (Å²) in [7, 11) is 1.57. The molecule has 0 aromatic heterocycles. The standard InChI is InChI=1S/C20H24N2O5/c1-4-12-22(16-9-7-10-17(14-16)25-3)20(24)27-18-11-6-8-15(13-18)21-19(23)26-5-2/h6-11,13-14H,4-5,12H2,1-3H3,(H,21,23). The van der Waals surface area contributed by atoms with Crippen LogP contribution < -0.4 is 19.7 Å². The molecule has 0 bridgehead atoms. The predicted molar refractivity (Wildman–Crippen MR) is 104 cm³/mol. The number of nitrogens with zero attached hydrogens (tertiary/aromatic N) is 1. The minimum Gasteiger partial charge on any atom is -0.497 e. The van der Waals surface area contributed by atoms with Crippen LogP contribution in [0.4, 0.5) is 21.0 Å². The van der Waals surface area contributed by atoms with Gasteiger partial charge < -0.3 is 14.2 Å². The van der Waals surface area contributed by atoms with Gasteiger partial charge in [-0.15, -0.1) is 0 Å². The van der Waals surface area contributed by atoms with Gasteiger partial charge in [-0.2, -0.15) is 0 Å². The summed E-state index contributed by atoms with van der Waals surface area (Å²) in [4.78, 5) is 25.7. The van der Waals surface area contributed by atoms with Gasteiger partial charge in [-0.25, -0.2) is 9.59 Å². The van der Waals surface area contributed by atoms with E-state index in [1.54, 1.807) is 44.4 Å². The lowest BCUT2D eigenvalue weighted by Crippen LogP contribution is -2.34. The summed E-state index contributed by atoms with van der Waals surface area (Å²) in [5.41, 5.74) is 1.16. The molecule has 0 atom stereocenters. The van der Waals surface area contributed by atoms with Crippen LogP contribution in [0.25, 0.3) is 0 Å². The summed E-state index contributed by atoms with van der Waals surface area (Å²) < 4.78 is 15.6. The Balaban J connectivity index is 2.14. The van der Waals surface area contributed by atoms with Crippen molar-refractivity contribution in [1.82, 2.24) is 0 Å². The van der Waals surface area contributed by atoms with Crippen LogP contribution >= 0.6 is 0 Å². The van der Waals surface area contributed by atoms with Crippen molar-refractivity contribution in [3.63, 3.8) is 0 Å². The van der Waals surface area contributed by atoms with Gasteiger partial charge in [0.25, 0.3) is 0 Å². The van der Waals surface area contributed by atoms with E-state index >= 15 is 0 Å². The molecule has 0 heterocycles. The molecule has 0 radical (unpaired) electrons. The van der Waals surface area contributed by atoms with Gasteiger partial charge in [0.1, 0.15) is 11.5 Å². The molecule has 144 valence electrons. The highest BCUT2D eigenvalue weighted by Crippen LogP contribution is 2.24. The second-order valence-corrected chi connectivity index (χ2v) is 5.59. The van der Waals surface area contributed by atoms with E-state index in [2.05, 4.69) is 5.32 Å². The zero-order chi connectivity index (χ0) is 19.6. The Bertz CT molecular complexity index is 778. The molecule has 0 spiro atoms. The van der Waals surface area contributed by atoms with Crippen molar-refractivity contribution in [2.45, 2.75) is 20.3 Å². The first-order valence-corrected chi connectivity index (χ1v) is 8.74. The number of amides is 2. The number of methoxy groups -OCH3 is 1. The second-order valence-electron chi connectivity index (χ2n) is 5.59. The molecule has 0 aliphatic carbocycles. The largest absolute Gasteiger partial charge is 0.497 e. The lowest BCUT2D eigenvalue weighted by atomic mass is 10.2. The monoisotopic (exact) mass is 372 g/mol. The van der Waals surface area contributed by atoms with Crippen molar-refractivity contribution in [3.8, 4) is 11.5 Å². The van der Waals surface area contributed by atoms with E-state index in [1.807, 2.05) is 25.1 Å². The van der Waals surface area contributed by atoms with Crippen molar-refractivity contribution in [1.29, 1.82) is 0 Å². The number of rotatable bonds is 7. The van der Waals surface area contributed by atoms with E-state index in [-0.39, 0.29) is 6.61 Å². The van der Waals surface area contributed by atoms with Gasteiger partial charge in [-0.1, -0.05) is 19.1 Å². The number of carbonyl (C=O) groups is 2. The highest BCUT2D eigenvalue weighted by Gasteiger charge is 2.18. The average Bonchev–Trinajstić information content (AvgIpc) is 2.66. The quantitative estimate of drug-likeness (QED) is 0.764. The topological polar surface area (TPSA) is 77.1 Å². The van der Waals surface area contributed by atoms with Gasteiger partial charge in [-0.05, 0) is 37.6 Å². The Morgan fingerprint density at radius 3 is 2.48 bits per heavy atom. The van der Waals surface area contributed by atoms with Crippen molar-refractivity contribution < 1.29 is 23.8 Å². The van der Waals surface area contributed by atoms with Crippen LogP contribution in [-0.4, -0.2) is 32.4 Å². The minimum absolute atomic E-state index is 0.271. The fraction of sp³-hybridized carbons (Fsp3) is 0.300. The maximum absolute atomic E-state index is 12.7. The van der Waals surface area contributed by atoms with Crippen LogP contribution in [-0.2, 0) is 4.74 Å². The van der Waals surface area contributed by atoms with E-state index in [0.29, 0.717) is 29.4 Å². The Morgan fingerprint density at radius 2 is 1.78 bits per heavy atom. The maximum atomic E-state index is 12.7. The van der Waals surface area contributed by atoms with E-state index in [1.165, 1.54) is 4.90 Å². The van der Waals surface area contributed by atoms with E-state index < -0.39 is 12.2 Å². The Kier molecular flexibility index (Phi) is 7.49. The van der Waals surface area contributed by atoms with Crippen LogP contribution in [0.1, 0.15) is 20.3 Å². The molecule has 0 fully saturated rings. The number of carbonyl (C=O) groups excluding carboxylic acids is 2. The highest BCUT2D eigenvalue weighted by atomic mass is 16.6. The third-order valence-corrected chi connectivity index (χ3v) is 3.59. The Morgan fingerprint density at radius 1 is 1.04 bits per heavy atom. The molecule has 0 aliphatic rings. The molecule has 2 aromatic rings. The lowest BCUT2D eigenvalue weighted by Gasteiger charge is -2.22. The van der Waals surface area contributed by atoms with Gasteiger partial charge in [0.15, 0.2) is 0 Å². The van der Waals surface area contributed by atoms with Crippen molar-refractivity contribution >= 4 is 23.6 Å². The summed E-state index contributed by atoms with van der Waals surface area (Å²) >= 11 is 0. The molecule has 2 amide bonds. The van der Waals surface area contributed by atoms with E-state index in [4.69, 9.17) is 14.2 Å².